The molecule has 0 aliphatic rings. The minimum atomic E-state index is -0.742. The summed E-state index contributed by atoms with van der Waals surface area (Å²) in [6.07, 6.45) is 2.01. The highest BCUT2D eigenvalue weighted by molar-refractivity contribution is 9.10. The van der Waals surface area contributed by atoms with Crippen LogP contribution in [0.3, 0.4) is 0 Å². The molecule has 0 aliphatic heterocycles. The van der Waals surface area contributed by atoms with E-state index >= 15 is 0 Å². The van der Waals surface area contributed by atoms with Crippen LogP contribution in [0.5, 0.6) is 5.75 Å². The van der Waals surface area contributed by atoms with Gasteiger partial charge in [0.2, 0.25) is 5.91 Å². The second-order valence-electron chi connectivity index (χ2n) is 6.11. The lowest BCUT2D eigenvalue weighted by atomic mass is 10.1. The fraction of sp³-hybridized carbons (Fsp3) is 0.200. The van der Waals surface area contributed by atoms with Gasteiger partial charge in [-0.1, -0.05) is 40.2 Å². The summed E-state index contributed by atoms with van der Waals surface area (Å²) in [5, 5.41) is 1.10. The highest BCUT2D eigenvalue weighted by Gasteiger charge is 2.15. The second kappa shape index (κ2) is 8.73. The Morgan fingerprint density at radius 1 is 1.15 bits per heavy atom. The number of ether oxygens (including phenoxy) is 1. The first-order valence-corrected chi connectivity index (χ1v) is 9.38. The number of aromatic nitrogens is 1. The molecule has 1 unspecified atom stereocenters. The minimum absolute atomic E-state index is 0.261. The number of hydrazine groups is 1. The highest BCUT2D eigenvalue weighted by atomic mass is 79.9. The van der Waals surface area contributed by atoms with Crippen molar-refractivity contribution in [1.82, 2.24) is 15.8 Å². The molecule has 2 aromatic carbocycles. The van der Waals surface area contributed by atoms with Crippen molar-refractivity contribution in [1.29, 1.82) is 0 Å². The zero-order valence-electron chi connectivity index (χ0n) is 14.8. The van der Waals surface area contributed by atoms with E-state index < -0.39 is 12.0 Å². The Labute approximate surface area is 165 Å². The van der Waals surface area contributed by atoms with E-state index in [1.165, 1.54) is 0 Å². The zero-order chi connectivity index (χ0) is 19.2. The molecule has 2 amide bonds. The molecule has 0 bridgehead atoms. The van der Waals surface area contributed by atoms with E-state index in [-0.39, 0.29) is 12.3 Å². The van der Waals surface area contributed by atoms with Gasteiger partial charge in [-0.05, 0) is 43.2 Å². The SMILES string of the molecule is CC(Oc1cccc(Br)c1)C(=O)NNC(=O)CCc1c[nH]c2ccccc12. The largest absolute Gasteiger partial charge is 0.481 e. The number of amides is 2. The van der Waals surface area contributed by atoms with Gasteiger partial charge in [0.25, 0.3) is 5.91 Å². The number of rotatable bonds is 6. The number of halogens is 1. The Hall–Kier alpha value is -2.80. The maximum atomic E-state index is 12.1. The Balaban J connectivity index is 1.45. The highest BCUT2D eigenvalue weighted by Crippen LogP contribution is 2.19. The summed E-state index contributed by atoms with van der Waals surface area (Å²) in [6, 6.07) is 15.1. The number of hydrogen-bond donors (Lipinski definition) is 3. The molecule has 3 N–H and O–H groups in total. The molecule has 6 nitrogen and oxygen atoms in total. The van der Waals surface area contributed by atoms with Crippen molar-refractivity contribution in [2.24, 2.45) is 0 Å². The topological polar surface area (TPSA) is 83.2 Å². The van der Waals surface area contributed by atoms with Crippen LogP contribution in [0.15, 0.2) is 59.2 Å². The van der Waals surface area contributed by atoms with Crippen molar-refractivity contribution in [2.75, 3.05) is 0 Å². The third-order valence-electron chi connectivity index (χ3n) is 4.10. The average Bonchev–Trinajstić information content (AvgIpc) is 3.07. The van der Waals surface area contributed by atoms with Gasteiger partial charge < -0.3 is 9.72 Å². The van der Waals surface area contributed by atoms with Gasteiger partial charge in [0, 0.05) is 28.0 Å². The first-order valence-electron chi connectivity index (χ1n) is 8.59. The maximum absolute atomic E-state index is 12.1. The number of aromatic amines is 1. The van der Waals surface area contributed by atoms with E-state index in [9.17, 15) is 9.59 Å². The molecule has 0 saturated carbocycles. The molecule has 1 aromatic heterocycles. The molecular formula is C20H20BrN3O3. The molecule has 0 spiro atoms. The predicted molar refractivity (Wildman–Crippen MR) is 107 cm³/mol. The van der Waals surface area contributed by atoms with Crippen molar-refractivity contribution in [2.45, 2.75) is 25.9 Å². The van der Waals surface area contributed by atoms with Crippen LogP contribution in [0.25, 0.3) is 10.9 Å². The van der Waals surface area contributed by atoms with Crippen molar-refractivity contribution in [3.05, 3.63) is 64.8 Å². The lowest BCUT2D eigenvalue weighted by molar-refractivity contribution is -0.132. The minimum Gasteiger partial charge on any atom is -0.481 e. The van der Waals surface area contributed by atoms with Gasteiger partial charge >= 0.3 is 0 Å². The standard InChI is InChI=1S/C20H20BrN3O3/c1-13(27-16-6-4-5-15(21)11-16)20(26)24-23-19(25)10-9-14-12-22-18-8-3-2-7-17(14)18/h2-8,11-13,22H,9-10H2,1H3,(H,23,25)(H,24,26). The zero-order valence-corrected chi connectivity index (χ0v) is 16.4. The van der Waals surface area contributed by atoms with Crippen molar-refractivity contribution in [3.8, 4) is 5.75 Å². The molecule has 0 radical (unpaired) electrons. The summed E-state index contributed by atoms with van der Waals surface area (Å²) >= 11 is 3.35. The fourth-order valence-corrected chi connectivity index (χ4v) is 3.06. The Kier molecular flexibility index (Phi) is 6.13. The second-order valence-corrected chi connectivity index (χ2v) is 7.03. The summed E-state index contributed by atoms with van der Waals surface area (Å²) < 4.78 is 6.42. The van der Waals surface area contributed by atoms with Crippen LogP contribution in [0.1, 0.15) is 18.9 Å². The monoisotopic (exact) mass is 429 g/mol. The van der Waals surface area contributed by atoms with Crippen LogP contribution >= 0.6 is 15.9 Å². The number of carbonyl (C=O) groups is 2. The van der Waals surface area contributed by atoms with E-state index in [1.807, 2.05) is 42.6 Å². The summed E-state index contributed by atoms with van der Waals surface area (Å²) in [6.45, 7) is 1.62. The summed E-state index contributed by atoms with van der Waals surface area (Å²) in [5.74, 6) is -0.114. The number of hydrogen-bond acceptors (Lipinski definition) is 3. The Bertz CT molecular complexity index is 954. The average molecular weight is 430 g/mol. The fourth-order valence-electron chi connectivity index (χ4n) is 2.68. The lowest BCUT2D eigenvalue weighted by Gasteiger charge is -2.15. The van der Waals surface area contributed by atoms with Gasteiger partial charge in [0.15, 0.2) is 6.10 Å². The van der Waals surface area contributed by atoms with E-state index in [0.29, 0.717) is 12.2 Å². The Morgan fingerprint density at radius 3 is 2.78 bits per heavy atom. The third-order valence-corrected chi connectivity index (χ3v) is 4.59. The predicted octanol–water partition coefficient (Wildman–Crippen LogP) is 3.48. The van der Waals surface area contributed by atoms with Crippen LogP contribution in [0.4, 0.5) is 0 Å². The van der Waals surface area contributed by atoms with Crippen LogP contribution < -0.4 is 15.6 Å². The number of nitrogens with one attached hydrogen (secondary N) is 3. The van der Waals surface area contributed by atoms with Gasteiger partial charge in [-0.15, -0.1) is 0 Å². The van der Waals surface area contributed by atoms with Crippen LogP contribution in [-0.2, 0) is 16.0 Å². The van der Waals surface area contributed by atoms with Crippen molar-refractivity contribution < 1.29 is 14.3 Å². The van der Waals surface area contributed by atoms with E-state index in [1.54, 1.807) is 19.1 Å². The third kappa shape index (κ3) is 5.10. The number of carbonyl (C=O) groups excluding carboxylic acids is 2. The van der Waals surface area contributed by atoms with Gasteiger partial charge in [0.05, 0.1) is 0 Å². The quantitative estimate of drug-likeness (QED) is 0.524. The molecule has 1 heterocycles. The first-order chi connectivity index (χ1) is 13.0. The number of aryl methyl sites for hydroxylation is 1. The summed E-state index contributed by atoms with van der Waals surface area (Å²) in [7, 11) is 0. The number of para-hydroxylation sites is 1. The molecule has 0 saturated heterocycles. The normalized spacial score (nSPS) is 11.8. The van der Waals surface area contributed by atoms with E-state index in [2.05, 4.69) is 31.8 Å². The molecule has 140 valence electrons. The van der Waals surface area contributed by atoms with Crippen molar-refractivity contribution in [3.63, 3.8) is 0 Å². The van der Waals surface area contributed by atoms with Crippen LogP contribution in [0.2, 0.25) is 0 Å². The van der Waals surface area contributed by atoms with Gasteiger partial charge in [-0.3, -0.25) is 20.4 Å². The summed E-state index contributed by atoms with van der Waals surface area (Å²) in [5.41, 5.74) is 6.94. The number of fused-ring (bicyclic) bond motifs is 1. The molecule has 3 rings (SSSR count). The van der Waals surface area contributed by atoms with E-state index in [0.717, 1.165) is 20.9 Å². The number of H-pyrrole nitrogens is 1. The van der Waals surface area contributed by atoms with Crippen molar-refractivity contribution >= 4 is 38.6 Å². The van der Waals surface area contributed by atoms with Gasteiger partial charge in [0.1, 0.15) is 5.75 Å². The molecule has 0 aliphatic carbocycles. The molecular weight excluding hydrogens is 410 g/mol. The molecule has 7 heteroatoms. The first kappa shape index (κ1) is 19.0. The maximum Gasteiger partial charge on any atom is 0.279 e. The lowest BCUT2D eigenvalue weighted by Crippen LogP contribution is -2.47. The molecule has 3 aromatic rings. The van der Waals surface area contributed by atoms with Gasteiger partial charge in [-0.25, -0.2) is 0 Å². The summed E-state index contributed by atoms with van der Waals surface area (Å²) in [4.78, 5) is 27.3. The van der Waals surface area contributed by atoms with Crippen LogP contribution in [-0.4, -0.2) is 22.9 Å². The molecule has 0 fully saturated rings. The number of benzene rings is 2. The Morgan fingerprint density at radius 2 is 1.96 bits per heavy atom. The van der Waals surface area contributed by atoms with Crippen LogP contribution in [0, 0.1) is 0 Å². The molecule has 1 atom stereocenters. The van der Waals surface area contributed by atoms with Gasteiger partial charge in [-0.2, -0.15) is 0 Å². The van der Waals surface area contributed by atoms with E-state index in [4.69, 9.17) is 4.74 Å². The molecule has 27 heavy (non-hydrogen) atoms. The smallest absolute Gasteiger partial charge is 0.279 e.